The quantitative estimate of drug-likeness (QED) is 0.677. The predicted molar refractivity (Wildman–Crippen MR) is 95.1 cm³/mol. The zero-order chi connectivity index (χ0) is 17.2. The molecule has 0 spiro atoms. The molecule has 0 aliphatic rings. The maximum absolute atomic E-state index is 13.3. The highest BCUT2D eigenvalue weighted by Crippen LogP contribution is 2.33. The molecule has 0 aliphatic heterocycles. The van der Waals surface area contributed by atoms with Crippen molar-refractivity contribution in [3.05, 3.63) is 72.6 Å². The molecule has 3 nitrogen and oxygen atoms in total. The monoisotopic (exact) mass is 321 g/mol. The van der Waals surface area contributed by atoms with Crippen molar-refractivity contribution in [3.63, 3.8) is 0 Å². The Morgan fingerprint density at radius 1 is 1.00 bits per heavy atom. The molecule has 4 heteroatoms. The van der Waals surface area contributed by atoms with Crippen molar-refractivity contribution in [2.45, 2.75) is 26.2 Å². The fourth-order valence-corrected chi connectivity index (χ4v) is 2.72. The number of allylic oxidation sites excluding steroid dienone is 2. The number of halogens is 1. The maximum atomic E-state index is 13.3. The van der Waals surface area contributed by atoms with E-state index in [-0.39, 0.29) is 11.2 Å². The number of hydrogen-bond donors (Lipinski definition) is 1. The van der Waals surface area contributed by atoms with Crippen LogP contribution in [0.25, 0.3) is 22.5 Å². The van der Waals surface area contributed by atoms with E-state index in [0.29, 0.717) is 0 Å². The van der Waals surface area contributed by atoms with Gasteiger partial charge in [-0.2, -0.15) is 0 Å². The minimum atomic E-state index is -0.255. The number of aromatic amines is 1. The van der Waals surface area contributed by atoms with Gasteiger partial charge in [-0.25, -0.2) is 9.37 Å². The lowest BCUT2D eigenvalue weighted by molar-refractivity contribution is 0.623. The third kappa shape index (κ3) is 3.13. The van der Waals surface area contributed by atoms with Crippen LogP contribution in [0.3, 0.4) is 0 Å². The molecule has 0 saturated carbocycles. The van der Waals surface area contributed by atoms with E-state index in [9.17, 15) is 4.39 Å². The Hall–Kier alpha value is -2.75. The number of aromatic nitrogens is 3. The van der Waals surface area contributed by atoms with Gasteiger partial charge < -0.3 is 4.98 Å². The Kier molecular flexibility index (Phi) is 4.30. The molecular formula is C20H20FN3. The molecule has 1 N–H and O–H groups in total. The lowest BCUT2D eigenvalue weighted by Gasteiger charge is -2.16. The second-order valence-electron chi connectivity index (χ2n) is 6.27. The van der Waals surface area contributed by atoms with Crippen LogP contribution in [0.4, 0.5) is 4.39 Å². The molecule has 0 bridgehead atoms. The average molecular weight is 321 g/mol. The number of imidazole rings is 1. The van der Waals surface area contributed by atoms with Gasteiger partial charge in [0.25, 0.3) is 0 Å². The molecule has 2 aromatic heterocycles. The minimum absolute atomic E-state index is 0.227. The van der Waals surface area contributed by atoms with Gasteiger partial charge in [0, 0.05) is 28.9 Å². The van der Waals surface area contributed by atoms with E-state index in [4.69, 9.17) is 4.98 Å². The van der Waals surface area contributed by atoms with Crippen molar-refractivity contribution >= 4 is 0 Å². The van der Waals surface area contributed by atoms with Crippen LogP contribution in [-0.2, 0) is 5.41 Å². The first-order valence-electron chi connectivity index (χ1n) is 7.92. The van der Waals surface area contributed by atoms with Gasteiger partial charge in [0.05, 0.1) is 11.4 Å². The summed E-state index contributed by atoms with van der Waals surface area (Å²) < 4.78 is 13.3. The van der Waals surface area contributed by atoms with Crippen LogP contribution >= 0.6 is 0 Å². The molecule has 3 rings (SSSR count). The molecule has 0 radical (unpaired) electrons. The van der Waals surface area contributed by atoms with Crippen LogP contribution < -0.4 is 0 Å². The number of pyridine rings is 1. The predicted octanol–water partition coefficient (Wildman–Crippen LogP) is 5.13. The fourth-order valence-electron chi connectivity index (χ4n) is 2.72. The highest BCUT2D eigenvalue weighted by molar-refractivity contribution is 5.78. The van der Waals surface area contributed by atoms with Crippen LogP contribution in [0.1, 0.15) is 26.6 Å². The Labute approximate surface area is 141 Å². The van der Waals surface area contributed by atoms with E-state index in [1.807, 2.05) is 25.1 Å². The average Bonchev–Trinajstić information content (AvgIpc) is 3.02. The summed E-state index contributed by atoms with van der Waals surface area (Å²) >= 11 is 0. The molecule has 1 aromatic carbocycles. The molecule has 2 heterocycles. The van der Waals surface area contributed by atoms with Gasteiger partial charge in [0.2, 0.25) is 0 Å². The van der Waals surface area contributed by atoms with Gasteiger partial charge in [-0.3, -0.25) is 4.98 Å². The molecule has 24 heavy (non-hydrogen) atoms. The van der Waals surface area contributed by atoms with Gasteiger partial charge in [-0.1, -0.05) is 12.2 Å². The highest BCUT2D eigenvalue weighted by atomic mass is 19.1. The Balaban J connectivity index is 2.19. The highest BCUT2D eigenvalue weighted by Gasteiger charge is 2.24. The second kappa shape index (κ2) is 6.40. The summed E-state index contributed by atoms with van der Waals surface area (Å²) in [5.74, 6) is 0.612. The first kappa shape index (κ1) is 16.1. The largest absolute Gasteiger partial charge is 0.341 e. The van der Waals surface area contributed by atoms with E-state index in [1.165, 1.54) is 12.1 Å². The van der Waals surface area contributed by atoms with E-state index in [0.717, 1.165) is 28.3 Å². The summed E-state index contributed by atoms with van der Waals surface area (Å²) in [6, 6.07) is 10.3. The van der Waals surface area contributed by atoms with E-state index in [1.54, 1.807) is 24.5 Å². The van der Waals surface area contributed by atoms with E-state index in [2.05, 4.69) is 29.9 Å². The molecule has 0 fully saturated rings. The summed E-state index contributed by atoms with van der Waals surface area (Å²) in [5.41, 5.74) is 3.38. The van der Waals surface area contributed by atoms with Crippen LogP contribution in [0, 0.1) is 5.82 Å². The summed E-state index contributed by atoms with van der Waals surface area (Å²) in [6.07, 6.45) is 7.63. The number of rotatable bonds is 4. The van der Waals surface area contributed by atoms with Gasteiger partial charge in [-0.15, -0.1) is 0 Å². The first-order chi connectivity index (χ1) is 11.5. The molecular weight excluding hydrogens is 301 g/mol. The van der Waals surface area contributed by atoms with Crippen molar-refractivity contribution in [1.82, 2.24) is 15.0 Å². The summed E-state index contributed by atoms with van der Waals surface area (Å²) in [6.45, 7) is 6.21. The van der Waals surface area contributed by atoms with Crippen LogP contribution in [-0.4, -0.2) is 15.0 Å². The summed E-state index contributed by atoms with van der Waals surface area (Å²) in [5, 5.41) is 0. The number of H-pyrrole nitrogens is 1. The first-order valence-corrected chi connectivity index (χ1v) is 7.92. The topological polar surface area (TPSA) is 41.6 Å². The zero-order valence-electron chi connectivity index (χ0n) is 14.0. The second-order valence-corrected chi connectivity index (χ2v) is 6.27. The normalized spacial score (nSPS) is 12.0. The molecule has 122 valence electrons. The Morgan fingerprint density at radius 2 is 1.67 bits per heavy atom. The number of hydrogen-bond acceptors (Lipinski definition) is 2. The smallest absolute Gasteiger partial charge is 0.123 e. The van der Waals surface area contributed by atoms with Gasteiger partial charge in [0.15, 0.2) is 0 Å². The zero-order valence-corrected chi connectivity index (χ0v) is 14.0. The third-order valence-corrected chi connectivity index (χ3v) is 3.98. The van der Waals surface area contributed by atoms with Gasteiger partial charge in [0.1, 0.15) is 11.6 Å². The third-order valence-electron chi connectivity index (χ3n) is 3.98. The SMILES string of the molecule is C/C=C/C(C)(C)c1nc(-c2ccc(F)cc2)c(-c2ccncc2)[nH]1. The van der Waals surface area contributed by atoms with Crippen molar-refractivity contribution in [2.75, 3.05) is 0 Å². The Bertz CT molecular complexity index is 846. The Morgan fingerprint density at radius 3 is 2.29 bits per heavy atom. The van der Waals surface area contributed by atoms with Crippen LogP contribution in [0.15, 0.2) is 60.9 Å². The van der Waals surface area contributed by atoms with Crippen molar-refractivity contribution in [3.8, 4) is 22.5 Å². The van der Waals surface area contributed by atoms with Crippen molar-refractivity contribution < 1.29 is 4.39 Å². The van der Waals surface area contributed by atoms with E-state index < -0.39 is 0 Å². The van der Waals surface area contributed by atoms with Crippen LogP contribution in [0.2, 0.25) is 0 Å². The lowest BCUT2D eigenvalue weighted by Crippen LogP contribution is -2.15. The lowest BCUT2D eigenvalue weighted by atomic mass is 9.92. The summed E-state index contributed by atoms with van der Waals surface area (Å²) in [4.78, 5) is 12.4. The summed E-state index contributed by atoms with van der Waals surface area (Å²) in [7, 11) is 0. The number of nitrogens with one attached hydrogen (secondary N) is 1. The molecule has 0 atom stereocenters. The molecule has 0 aliphatic carbocycles. The van der Waals surface area contributed by atoms with Crippen molar-refractivity contribution in [2.24, 2.45) is 0 Å². The van der Waals surface area contributed by atoms with Gasteiger partial charge >= 0.3 is 0 Å². The standard InChI is InChI=1S/C20H20FN3/c1-4-11-20(2,3)19-23-17(14-5-7-16(21)8-6-14)18(24-19)15-9-12-22-13-10-15/h4-13H,1-3H3,(H,23,24)/b11-4+. The molecule has 0 amide bonds. The van der Waals surface area contributed by atoms with E-state index >= 15 is 0 Å². The number of benzene rings is 1. The maximum Gasteiger partial charge on any atom is 0.123 e. The fraction of sp³-hybridized carbons (Fsp3) is 0.200. The van der Waals surface area contributed by atoms with Crippen molar-refractivity contribution in [1.29, 1.82) is 0 Å². The molecule has 0 unspecified atom stereocenters. The van der Waals surface area contributed by atoms with Gasteiger partial charge in [-0.05, 0) is 57.2 Å². The van der Waals surface area contributed by atoms with Crippen LogP contribution in [0.5, 0.6) is 0 Å². The number of nitrogens with zero attached hydrogens (tertiary/aromatic N) is 2. The minimum Gasteiger partial charge on any atom is -0.341 e. The molecule has 3 aromatic rings. The molecule has 0 saturated heterocycles.